The molecule has 3 nitrogen and oxygen atoms in total. The van der Waals surface area contributed by atoms with Crippen molar-refractivity contribution in [3.63, 3.8) is 0 Å². The summed E-state index contributed by atoms with van der Waals surface area (Å²) in [6.45, 7) is 1.10. The quantitative estimate of drug-likeness (QED) is 0.841. The van der Waals surface area contributed by atoms with E-state index in [1.165, 1.54) is 11.3 Å². The third-order valence-electron chi connectivity index (χ3n) is 2.31. The molecule has 0 aliphatic carbocycles. The van der Waals surface area contributed by atoms with Gasteiger partial charge in [0.1, 0.15) is 0 Å². The van der Waals surface area contributed by atoms with E-state index in [0.717, 1.165) is 8.26 Å². The van der Waals surface area contributed by atoms with Gasteiger partial charge >= 0.3 is 0 Å². The van der Waals surface area contributed by atoms with Crippen molar-refractivity contribution in [3.05, 3.63) is 19.2 Å². The van der Waals surface area contributed by atoms with E-state index in [4.69, 9.17) is 0 Å². The zero-order valence-electron chi connectivity index (χ0n) is 7.74. The maximum Gasteiger partial charge on any atom is 0.264 e. The molecule has 6 heteroatoms. The second-order valence-corrected chi connectivity index (χ2v) is 6.65. The summed E-state index contributed by atoms with van der Waals surface area (Å²) >= 11 is 8.11. The zero-order valence-corrected chi connectivity index (χ0v) is 11.7. The highest BCUT2D eigenvalue weighted by Gasteiger charge is 2.26. The molecular formula is C9H9Br2NO2S. The number of rotatable bonds is 1. The van der Waals surface area contributed by atoms with Crippen LogP contribution in [0.3, 0.4) is 0 Å². The van der Waals surface area contributed by atoms with Crippen LogP contribution in [0.25, 0.3) is 0 Å². The highest BCUT2D eigenvalue weighted by atomic mass is 79.9. The molecule has 2 heterocycles. The molecule has 0 radical (unpaired) electrons. The summed E-state index contributed by atoms with van der Waals surface area (Å²) in [7, 11) is 0. The largest absolute Gasteiger partial charge is 0.391 e. The second-order valence-electron chi connectivity index (χ2n) is 3.43. The number of aliphatic hydroxyl groups is 1. The SMILES string of the molecule is O=C(c1cc(Br)c(Br)s1)N1CC[C@H](O)C1. The predicted octanol–water partition coefficient (Wildman–Crippen LogP) is 2.48. The smallest absolute Gasteiger partial charge is 0.264 e. The number of carbonyl (C=O) groups is 1. The monoisotopic (exact) mass is 353 g/mol. The van der Waals surface area contributed by atoms with E-state index in [-0.39, 0.29) is 12.0 Å². The molecule has 1 N–H and O–H groups in total. The molecule has 82 valence electrons. The highest BCUT2D eigenvalue weighted by molar-refractivity contribution is 9.13. The number of aliphatic hydroxyl groups excluding tert-OH is 1. The molecule has 1 atom stereocenters. The van der Waals surface area contributed by atoms with Crippen LogP contribution in [0.15, 0.2) is 14.3 Å². The van der Waals surface area contributed by atoms with Gasteiger partial charge < -0.3 is 10.0 Å². The fourth-order valence-corrected chi connectivity index (χ4v) is 3.54. The summed E-state index contributed by atoms with van der Waals surface area (Å²) in [6.07, 6.45) is 0.320. The molecule has 0 saturated carbocycles. The molecule has 1 aliphatic heterocycles. The summed E-state index contributed by atoms with van der Waals surface area (Å²) in [5, 5.41) is 9.35. The topological polar surface area (TPSA) is 40.5 Å². The molecule has 0 unspecified atom stereocenters. The van der Waals surface area contributed by atoms with Crippen LogP contribution in [0.5, 0.6) is 0 Å². The number of likely N-dealkylation sites (tertiary alicyclic amines) is 1. The molecule has 1 aromatic heterocycles. The Morgan fingerprint density at radius 3 is 2.80 bits per heavy atom. The maximum atomic E-state index is 11.9. The van der Waals surface area contributed by atoms with Crippen LogP contribution in [0, 0.1) is 0 Å². The molecular weight excluding hydrogens is 346 g/mol. The normalized spacial score (nSPS) is 21.0. The van der Waals surface area contributed by atoms with Gasteiger partial charge in [-0.2, -0.15) is 0 Å². The number of hydrogen-bond donors (Lipinski definition) is 1. The standard InChI is InChI=1S/C9H9Br2NO2S/c10-6-3-7(15-8(6)11)9(14)12-2-1-5(13)4-12/h3,5,13H,1-2,4H2/t5-/m0/s1. The maximum absolute atomic E-state index is 11.9. The first-order valence-electron chi connectivity index (χ1n) is 4.50. The Kier molecular flexibility index (Phi) is 3.49. The second kappa shape index (κ2) is 4.53. The molecule has 1 fully saturated rings. The first-order valence-corrected chi connectivity index (χ1v) is 6.90. The first kappa shape index (κ1) is 11.6. The molecule has 1 saturated heterocycles. The van der Waals surface area contributed by atoms with Gasteiger partial charge in [-0.25, -0.2) is 0 Å². The van der Waals surface area contributed by atoms with Crippen molar-refractivity contribution in [2.24, 2.45) is 0 Å². The fourth-order valence-electron chi connectivity index (χ4n) is 1.53. The third-order valence-corrected chi connectivity index (χ3v) is 5.55. The van der Waals surface area contributed by atoms with E-state index in [1.54, 1.807) is 4.90 Å². The van der Waals surface area contributed by atoms with Crippen molar-refractivity contribution in [2.75, 3.05) is 13.1 Å². The Bertz CT molecular complexity index is 374. The fraction of sp³-hybridized carbons (Fsp3) is 0.444. The highest BCUT2D eigenvalue weighted by Crippen LogP contribution is 2.33. The van der Waals surface area contributed by atoms with Crippen LogP contribution in [-0.4, -0.2) is 35.1 Å². The number of amides is 1. The molecule has 1 aromatic rings. The molecule has 15 heavy (non-hydrogen) atoms. The zero-order chi connectivity index (χ0) is 11.0. The van der Waals surface area contributed by atoms with Crippen molar-refractivity contribution in [1.82, 2.24) is 4.90 Å². The van der Waals surface area contributed by atoms with Crippen molar-refractivity contribution < 1.29 is 9.90 Å². The van der Waals surface area contributed by atoms with Gasteiger partial charge in [-0.15, -0.1) is 11.3 Å². The lowest BCUT2D eigenvalue weighted by molar-refractivity contribution is 0.0769. The number of thiophene rings is 1. The Labute approximate surface area is 108 Å². The van der Waals surface area contributed by atoms with Crippen molar-refractivity contribution >= 4 is 49.1 Å². The van der Waals surface area contributed by atoms with Gasteiger partial charge in [-0.3, -0.25) is 4.79 Å². The summed E-state index contributed by atoms with van der Waals surface area (Å²) in [6, 6.07) is 1.81. The Morgan fingerprint density at radius 2 is 2.33 bits per heavy atom. The van der Waals surface area contributed by atoms with Gasteiger partial charge in [-0.1, -0.05) is 0 Å². The summed E-state index contributed by atoms with van der Waals surface area (Å²) in [5.74, 6) is 0.00273. The third kappa shape index (κ3) is 2.43. The summed E-state index contributed by atoms with van der Waals surface area (Å²) < 4.78 is 1.82. The van der Waals surface area contributed by atoms with Crippen LogP contribution in [0.4, 0.5) is 0 Å². The first-order chi connectivity index (χ1) is 7.08. The van der Waals surface area contributed by atoms with Crippen LogP contribution >= 0.6 is 43.2 Å². The van der Waals surface area contributed by atoms with E-state index in [9.17, 15) is 9.90 Å². The van der Waals surface area contributed by atoms with Gasteiger partial charge in [0.15, 0.2) is 0 Å². The number of nitrogens with zero attached hydrogens (tertiary/aromatic N) is 1. The lowest BCUT2D eigenvalue weighted by Gasteiger charge is -2.13. The molecule has 2 rings (SSSR count). The van der Waals surface area contributed by atoms with E-state index in [1.807, 2.05) is 6.07 Å². The summed E-state index contributed by atoms with van der Waals surface area (Å²) in [4.78, 5) is 14.3. The van der Waals surface area contributed by atoms with Crippen molar-refractivity contribution in [2.45, 2.75) is 12.5 Å². The lowest BCUT2D eigenvalue weighted by Crippen LogP contribution is -2.28. The van der Waals surface area contributed by atoms with Crippen LogP contribution in [0.2, 0.25) is 0 Å². The van der Waals surface area contributed by atoms with Gasteiger partial charge in [0.25, 0.3) is 5.91 Å². The average molecular weight is 355 g/mol. The van der Waals surface area contributed by atoms with Gasteiger partial charge in [0.2, 0.25) is 0 Å². The minimum Gasteiger partial charge on any atom is -0.391 e. The molecule has 0 aromatic carbocycles. The molecule has 1 amide bonds. The number of β-amino-alcohol motifs (C(OH)–C–C–N with tert-alkyl or cyclic N) is 1. The predicted molar refractivity (Wildman–Crippen MR) is 66.2 cm³/mol. The lowest BCUT2D eigenvalue weighted by atomic mass is 10.3. The van der Waals surface area contributed by atoms with E-state index < -0.39 is 0 Å². The Balaban J connectivity index is 2.14. The molecule has 0 bridgehead atoms. The Morgan fingerprint density at radius 1 is 1.60 bits per heavy atom. The molecule has 0 spiro atoms. The Hall–Kier alpha value is 0.0900. The van der Waals surface area contributed by atoms with E-state index in [0.29, 0.717) is 24.4 Å². The number of halogens is 2. The van der Waals surface area contributed by atoms with Gasteiger partial charge in [-0.05, 0) is 44.3 Å². The van der Waals surface area contributed by atoms with Gasteiger partial charge in [0, 0.05) is 17.6 Å². The number of hydrogen-bond acceptors (Lipinski definition) is 3. The van der Waals surface area contributed by atoms with Gasteiger partial charge in [0.05, 0.1) is 14.8 Å². The minimum absolute atomic E-state index is 0.00273. The van der Waals surface area contributed by atoms with Crippen molar-refractivity contribution in [1.29, 1.82) is 0 Å². The van der Waals surface area contributed by atoms with Crippen LogP contribution in [-0.2, 0) is 0 Å². The number of carbonyl (C=O) groups excluding carboxylic acids is 1. The van der Waals surface area contributed by atoms with E-state index >= 15 is 0 Å². The van der Waals surface area contributed by atoms with Crippen LogP contribution < -0.4 is 0 Å². The average Bonchev–Trinajstić information content (AvgIpc) is 2.74. The molecule has 1 aliphatic rings. The summed E-state index contributed by atoms with van der Waals surface area (Å²) in [5.41, 5.74) is 0. The van der Waals surface area contributed by atoms with Crippen LogP contribution in [0.1, 0.15) is 16.1 Å². The van der Waals surface area contributed by atoms with Crippen molar-refractivity contribution in [3.8, 4) is 0 Å². The van der Waals surface area contributed by atoms with E-state index in [2.05, 4.69) is 31.9 Å². The minimum atomic E-state index is -0.360.